The molecule has 0 atom stereocenters. The highest BCUT2D eigenvalue weighted by Gasteiger charge is 2.15. The van der Waals surface area contributed by atoms with Crippen LogP contribution < -0.4 is 10.1 Å². The molecule has 4 aromatic rings. The third-order valence-corrected chi connectivity index (χ3v) is 4.79. The maximum absolute atomic E-state index is 12.4. The van der Waals surface area contributed by atoms with Crippen LogP contribution in [0.3, 0.4) is 0 Å². The van der Waals surface area contributed by atoms with E-state index in [4.69, 9.17) is 4.74 Å². The summed E-state index contributed by atoms with van der Waals surface area (Å²) in [5, 5.41) is 5.07. The summed E-state index contributed by atoms with van der Waals surface area (Å²) in [6.45, 7) is 5.11. The van der Waals surface area contributed by atoms with Gasteiger partial charge < -0.3 is 19.6 Å². The summed E-state index contributed by atoms with van der Waals surface area (Å²) >= 11 is 0. The van der Waals surface area contributed by atoms with Gasteiger partial charge in [-0.1, -0.05) is 13.8 Å². The van der Waals surface area contributed by atoms with Gasteiger partial charge in [-0.2, -0.15) is 0 Å². The van der Waals surface area contributed by atoms with E-state index in [2.05, 4.69) is 35.2 Å². The van der Waals surface area contributed by atoms with Crippen LogP contribution in [0.25, 0.3) is 33.2 Å². The lowest BCUT2D eigenvalue weighted by atomic mass is 10.1. The Morgan fingerprint density at radius 3 is 2.89 bits per heavy atom. The molecule has 6 nitrogen and oxygen atoms in total. The summed E-state index contributed by atoms with van der Waals surface area (Å²) in [5.41, 5.74) is 3.81. The maximum atomic E-state index is 12.4. The molecule has 1 amide bonds. The number of carbonyl (C=O) groups excluding carboxylic acids is 1. The molecule has 0 radical (unpaired) electrons. The predicted octanol–water partition coefficient (Wildman–Crippen LogP) is 3.97. The van der Waals surface area contributed by atoms with E-state index in [1.165, 1.54) is 0 Å². The number of methoxy groups -OCH3 is 1. The smallest absolute Gasteiger partial charge is 0.239 e. The quantitative estimate of drug-likeness (QED) is 0.535. The van der Waals surface area contributed by atoms with Crippen LogP contribution in [0.15, 0.2) is 48.8 Å². The van der Waals surface area contributed by atoms with E-state index in [1.807, 2.05) is 41.1 Å². The maximum Gasteiger partial charge on any atom is 0.239 e. The molecule has 0 bridgehead atoms. The van der Waals surface area contributed by atoms with Crippen molar-refractivity contribution >= 4 is 27.8 Å². The number of H-pyrrole nitrogens is 1. The zero-order valence-corrected chi connectivity index (χ0v) is 16.3. The Labute approximate surface area is 163 Å². The Hall–Kier alpha value is -3.28. The number of nitrogens with zero attached hydrogens (tertiary/aromatic N) is 2. The molecule has 0 unspecified atom stereocenters. The zero-order chi connectivity index (χ0) is 19.7. The number of nitrogens with one attached hydrogen (secondary N) is 2. The van der Waals surface area contributed by atoms with E-state index in [0.29, 0.717) is 12.5 Å². The molecule has 2 N–H and O–H groups in total. The highest BCUT2D eigenvalue weighted by Crippen LogP contribution is 2.34. The molecule has 0 saturated carbocycles. The molecule has 4 rings (SSSR count). The van der Waals surface area contributed by atoms with Crippen molar-refractivity contribution in [2.45, 2.75) is 20.4 Å². The molecule has 144 valence electrons. The van der Waals surface area contributed by atoms with Gasteiger partial charge in [0.05, 0.1) is 7.11 Å². The lowest BCUT2D eigenvalue weighted by Gasteiger charge is -2.09. The normalized spacial score (nSPS) is 11.4. The zero-order valence-electron chi connectivity index (χ0n) is 16.3. The number of aromatic amines is 1. The largest absolute Gasteiger partial charge is 0.497 e. The Kier molecular flexibility index (Phi) is 4.77. The average Bonchev–Trinajstić information content (AvgIpc) is 3.27. The molecule has 0 fully saturated rings. The van der Waals surface area contributed by atoms with Gasteiger partial charge in [0.15, 0.2) is 0 Å². The lowest BCUT2D eigenvalue weighted by Crippen LogP contribution is -2.30. The third-order valence-electron chi connectivity index (χ3n) is 4.79. The van der Waals surface area contributed by atoms with Gasteiger partial charge in [0.1, 0.15) is 17.9 Å². The van der Waals surface area contributed by atoms with E-state index in [-0.39, 0.29) is 12.5 Å². The van der Waals surface area contributed by atoms with Crippen LogP contribution in [0.1, 0.15) is 13.8 Å². The van der Waals surface area contributed by atoms with Crippen LogP contribution in [-0.2, 0) is 11.3 Å². The second-order valence-electron chi connectivity index (χ2n) is 7.38. The summed E-state index contributed by atoms with van der Waals surface area (Å²) in [6.07, 6.45) is 3.79. The van der Waals surface area contributed by atoms with Crippen molar-refractivity contribution in [3.63, 3.8) is 0 Å². The summed E-state index contributed by atoms with van der Waals surface area (Å²) in [6, 6.07) is 12.0. The van der Waals surface area contributed by atoms with Gasteiger partial charge in [-0.05, 0) is 42.3 Å². The van der Waals surface area contributed by atoms with E-state index < -0.39 is 0 Å². The van der Waals surface area contributed by atoms with Crippen LogP contribution >= 0.6 is 0 Å². The molecule has 3 aromatic heterocycles. The lowest BCUT2D eigenvalue weighted by molar-refractivity contribution is -0.121. The van der Waals surface area contributed by atoms with Crippen molar-refractivity contribution in [3.05, 3.63) is 48.8 Å². The van der Waals surface area contributed by atoms with Crippen molar-refractivity contribution in [2.24, 2.45) is 5.92 Å². The number of hydrogen-bond donors (Lipinski definition) is 2. The first-order valence-corrected chi connectivity index (χ1v) is 9.43. The van der Waals surface area contributed by atoms with Gasteiger partial charge in [-0.15, -0.1) is 0 Å². The molecule has 1 aromatic carbocycles. The van der Waals surface area contributed by atoms with E-state index in [1.54, 1.807) is 13.3 Å². The molecule has 28 heavy (non-hydrogen) atoms. The van der Waals surface area contributed by atoms with E-state index in [0.717, 1.165) is 38.9 Å². The van der Waals surface area contributed by atoms with Crippen molar-refractivity contribution in [2.75, 3.05) is 13.7 Å². The summed E-state index contributed by atoms with van der Waals surface area (Å²) in [5.74, 6) is 1.21. The number of fused-ring (bicyclic) bond motifs is 2. The highest BCUT2D eigenvalue weighted by atomic mass is 16.5. The van der Waals surface area contributed by atoms with Crippen LogP contribution in [-0.4, -0.2) is 34.1 Å². The topological polar surface area (TPSA) is 71.9 Å². The fourth-order valence-electron chi connectivity index (χ4n) is 3.38. The Bertz CT molecular complexity index is 1110. The van der Waals surface area contributed by atoms with Gasteiger partial charge in [0.25, 0.3) is 0 Å². The number of pyridine rings is 1. The molecular weight excluding hydrogens is 352 g/mol. The van der Waals surface area contributed by atoms with Gasteiger partial charge >= 0.3 is 0 Å². The first kappa shape index (κ1) is 18.1. The summed E-state index contributed by atoms with van der Waals surface area (Å²) < 4.78 is 7.40. The third kappa shape index (κ3) is 3.45. The van der Waals surface area contributed by atoms with Gasteiger partial charge in [0, 0.05) is 46.5 Å². The van der Waals surface area contributed by atoms with Crippen LogP contribution in [0.4, 0.5) is 0 Å². The average molecular weight is 376 g/mol. The molecule has 0 aliphatic rings. The number of hydrogen-bond acceptors (Lipinski definition) is 3. The summed E-state index contributed by atoms with van der Waals surface area (Å²) in [7, 11) is 1.66. The molecular formula is C22H24N4O2. The first-order valence-electron chi connectivity index (χ1n) is 9.43. The fraction of sp³-hybridized carbons (Fsp3) is 0.273. The van der Waals surface area contributed by atoms with E-state index >= 15 is 0 Å². The standard InChI is InChI=1S/C22H24N4O2/c1-14(2)11-24-21(27)13-26-12-18(17-10-16(28-3)6-7-20(17)26)19-9-15-5-4-8-23-22(15)25-19/h4-10,12,14H,11,13H2,1-3H3,(H,23,25)(H,24,27). The van der Waals surface area contributed by atoms with Gasteiger partial charge in [0.2, 0.25) is 5.91 Å². The van der Waals surface area contributed by atoms with Crippen molar-refractivity contribution in [1.29, 1.82) is 0 Å². The number of benzene rings is 1. The van der Waals surface area contributed by atoms with Crippen LogP contribution in [0.2, 0.25) is 0 Å². The number of ether oxygens (including phenoxy) is 1. The molecule has 0 aliphatic heterocycles. The number of carbonyl (C=O) groups is 1. The second kappa shape index (κ2) is 7.38. The minimum absolute atomic E-state index is 0.00582. The molecule has 0 aliphatic carbocycles. The number of aromatic nitrogens is 3. The minimum Gasteiger partial charge on any atom is -0.497 e. The Balaban J connectivity index is 1.78. The monoisotopic (exact) mass is 376 g/mol. The Morgan fingerprint density at radius 2 is 2.14 bits per heavy atom. The predicted molar refractivity (Wildman–Crippen MR) is 111 cm³/mol. The first-order chi connectivity index (χ1) is 13.5. The number of rotatable bonds is 6. The van der Waals surface area contributed by atoms with Crippen molar-refractivity contribution < 1.29 is 9.53 Å². The number of amides is 1. The van der Waals surface area contributed by atoms with E-state index in [9.17, 15) is 4.79 Å². The molecule has 0 saturated heterocycles. The molecule has 3 heterocycles. The SMILES string of the molecule is COc1ccc2c(c1)c(-c1cc3cccnc3[nH]1)cn2CC(=O)NCC(C)C. The minimum atomic E-state index is 0.00582. The van der Waals surface area contributed by atoms with Crippen LogP contribution in [0, 0.1) is 5.92 Å². The second-order valence-corrected chi connectivity index (χ2v) is 7.38. The molecule has 0 spiro atoms. The summed E-state index contributed by atoms with van der Waals surface area (Å²) in [4.78, 5) is 20.2. The fourth-order valence-corrected chi connectivity index (χ4v) is 3.38. The Morgan fingerprint density at radius 1 is 1.29 bits per heavy atom. The molecule has 6 heteroatoms. The van der Waals surface area contributed by atoms with Crippen molar-refractivity contribution in [1.82, 2.24) is 19.9 Å². The van der Waals surface area contributed by atoms with Crippen molar-refractivity contribution in [3.8, 4) is 17.0 Å². The highest BCUT2D eigenvalue weighted by molar-refractivity contribution is 5.99. The van der Waals surface area contributed by atoms with Gasteiger partial charge in [-0.3, -0.25) is 4.79 Å². The van der Waals surface area contributed by atoms with Gasteiger partial charge in [-0.25, -0.2) is 4.98 Å². The van der Waals surface area contributed by atoms with Crippen LogP contribution in [0.5, 0.6) is 5.75 Å².